The van der Waals surface area contributed by atoms with Crippen molar-refractivity contribution < 1.29 is 0 Å². The molecule has 0 amide bonds. The SMILES string of the molecule is Nc1c(-c2nc3ccccc3[nH]c2=O)[nH]c2ccc(CN3CCCC3)cc12. The number of anilines is 1. The van der Waals surface area contributed by atoms with Gasteiger partial charge in [-0.25, -0.2) is 4.98 Å². The Labute approximate surface area is 156 Å². The van der Waals surface area contributed by atoms with E-state index in [0.717, 1.165) is 36.1 Å². The van der Waals surface area contributed by atoms with Gasteiger partial charge in [0.05, 0.1) is 22.4 Å². The standard InChI is InChI=1S/C21H21N5O/c22-18-14-11-13(12-26-9-3-4-10-26)7-8-15(14)23-19(18)20-21(27)25-17-6-2-1-5-16(17)24-20/h1-2,5-8,11,23H,3-4,9-10,12,22H2,(H,25,27). The van der Waals surface area contributed by atoms with Crippen LogP contribution in [0.25, 0.3) is 33.3 Å². The molecule has 0 spiro atoms. The minimum Gasteiger partial charge on any atom is -0.396 e. The van der Waals surface area contributed by atoms with Crippen molar-refractivity contribution in [1.82, 2.24) is 19.9 Å². The number of nitrogen functional groups attached to an aromatic ring is 1. The van der Waals surface area contributed by atoms with Gasteiger partial charge in [-0.3, -0.25) is 9.69 Å². The number of aromatic nitrogens is 3. The molecule has 4 aromatic rings. The van der Waals surface area contributed by atoms with Crippen LogP contribution in [-0.2, 0) is 6.54 Å². The molecular weight excluding hydrogens is 338 g/mol. The fraction of sp³-hybridized carbons (Fsp3) is 0.238. The summed E-state index contributed by atoms with van der Waals surface area (Å²) in [7, 11) is 0. The number of likely N-dealkylation sites (tertiary alicyclic amines) is 1. The molecule has 0 unspecified atom stereocenters. The van der Waals surface area contributed by atoms with Crippen LogP contribution in [-0.4, -0.2) is 32.9 Å². The van der Waals surface area contributed by atoms with E-state index in [1.165, 1.54) is 18.4 Å². The molecule has 0 radical (unpaired) electrons. The summed E-state index contributed by atoms with van der Waals surface area (Å²) >= 11 is 0. The zero-order valence-corrected chi connectivity index (χ0v) is 15.0. The average molecular weight is 359 g/mol. The van der Waals surface area contributed by atoms with Crippen LogP contribution in [0.15, 0.2) is 47.3 Å². The second-order valence-electron chi connectivity index (χ2n) is 7.21. The Hall–Kier alpha value is -3.12. The number of fused-ring (bicyclic) bond motifs is 2. The number of hydrogen-bond donors (Lipinski definition) is 3. The maximum atomic E-state index is 12.6. The lowest BCUT2D eigenvalue weighted by molar-refractivity contribution is 0.331. The van der Waals surface area contributed by atoms with E-state index in [1.807, 2.05) is 30.3 Å². The van der Waals surface area contributed by atoms with E-state index in [4.69, 9.17) is 5.73 Å². The van der Waals surface area contributed by atoms with Crippen molar-refractivity contribution in [2.24, 2.45) is 0 Å². The van der Waals surface area contributed by atoms with Gasteiger partial charge < -0.3 is 15.7 Å². The molecule has 0 bridgehead atoms. The quantitative estimate of drug-likeness (QED) is 0.524. The summed E-state index contributed by atoms with van der Waals surface area (Å²) in [4.78, 5) is 25.7. The molecule has 27 heavy (non-hydrogen) atoms. The van der Waals surface area contributed by atoms with Crippen LogP contribution in [0.5, 0.6) is 0 Å². The minimum atomic E-state index is -0.246. The van der Waals surface area contributed by atoms with Gasteiger partial charge in [0, 0.05) is 17.4 Å². The number of rotatable bonds is 3. The molecule has 1 aliphatic rings. The van der Waals surface area contributed by atoms with Gasteiger partial charge in [-0.1, -0.05) is 18.2 Å². The van der Waals surface area contributed by atoms with Gasteiger partial charge in [0.25, 0.3) is 5.56 Å². The number of H-pyrrole nitrogens is 2. The van der Waals surface area contributed by atoms with E-state index < -0.39 is 0 Å². The van der Waals surface area contributed by atoms with E-state index in [9.17, 15) is 4.79 Å². The fourth-order valence-corrected chi connectivity index (χ4v) is 3.94. The molecule has 6 nitrogen and oxygen atoms in total. The van der Waals surface area contributed by atoms with Crippen LogP contribution >= 0.6 is 0 Å². The number of para-hydroxylation sites is 2. The van der Waals surface area contributed by atoms with Crippen molar-refractivity contribution in [3.63, 3.8) is 0 Å². The predicted octanol–water partition coefficient (Wildman–Crippen LogP) is 3.25. The fourth-order valence-electron chi connectivity index (χ4n) is 3.94. The summed E-state index contributed by atoms with van der Waals surface area (Å²) in [5, 5.41) is 0.941. The van der Waals surface area contributed by atoms with Gasteiger partial charge in [0.15, 0.2) is 5.69 Å². The lowest BCUT2D eigenvalue weighted by atomic mass is 10.1. The minimum absolute atomic E-state index is 0.246. The Balaban J connectivity index is 1.60. The number of benzene rings is 2. The number of nitrogens with zero attached hydrogens (tertiary/aromatic N) is 2. The maximum Gasteiger partial charge on any atom is 0.276 e. The summed E-state index contributed by atoms with van der Waals surface area (Å²) in [6.07, 6.45) is 2.55. The van der Waals surface area contributed by atoms with E-state index >= 15 is 0 Å². The topological polar surface area (TPSA) is 90.8 Å². The Morgan fingerprint density at radius 3 is 2.70 bits per heavy atom. The molecule has 0 atom stereocenters. The summed E-state index contributed by atoms with van der Waals surface area (Å²) in [6, 6.07) is 13.8. The van der Waals surface area contributed by atoms with Crippen molar-refractivity contribution in [3.8, 4) is 11.4 Å². The first-order valence-corrected chi connectivity index (χ1v) is 9.31. The predicted molar refractivity (Wildman–Crippen MR) is 109 cm³/mol. The van der Waals surface area contributed by atoms with E-state index in [0.29, 0.717) is 22.6 Å². The Morgan fingerprint density at radius 2 is 1.85 bits per heavy atom. The van der Waals surface area contributed by atoms with Crippen LogP contribution < -0.4 is 11.3 Å². The highest BCUT2D eigenvalue weighted by molar-refractivity contribution is 6.00. The molecule has 3 heterocycles. The number of nitrogens with one attached hydrogen (secondary N) is 2. The Bertz CT molecular complexity index is 1200. The Kier molecular flexibility index (Phi) is 3.72. The normalized spacial score (nSPS) is 15.1. The first-order valence-electron chi connectivity index (χ1n) is 9.31. The third-order valence-corrected chi connectivity index (χ3v) is 5.34. The van der Waals surface area contributed by atoms with Crippen LogP contribution in [0.4, 0.5) is 5.69 Å². The smallest absolute Gasteiger partial charge is 0.276 e. The molecule has 136 valence electrons. The zero-order chi connectivity index (χ0) is 18.4. The van der Waals surface area contributed by atoms with E-state index in [2.05, 4.69) is 32.0 Å². The maximum absolute atomic E-state index is 12.6. The highest BCUT2D eigenvalue weighted by Crippen LogP contribution is 2.31. The monoisotopic (exact) mass is 359 g/mol. The zero-order valence-electron chi connectivity index (χ0n) is 15.0. The molecule has 5 rings (SSSR count). The lowest BCUT2D eigenvalue weighted by Gasteiger charge is -2.14. The third kappa shape index (κ3) is 2.78. The molecule has 0 aliphatic carbocycles. The van der Waals surface area contributed by atoms with Crippen molar-refractivity contribution in [1.29, 1.82) is 0 Å². The average Bonchev–Trinajstić information content (AvgIpc) is 3.30. The summed E-state index contributed by atoms with van der Waals surface area (Å²) in [6.45, 7) is 3.25. The summed E-state index contributed by atoms with van der Waals surface area (Å²) in [5.74, 6) is 0. The molecule has 0 saturated carbocycles. The first kappa shape index (κ1) is 16.1. The largest absolute Gasteiger partial charge is 0.396 e. The van der Waals surface area contributed by atoms with Crippen molar-refractivity contribution in [2.75, 3.05) is 18.8 Å². The molecule has 2 aromatic carbocycles. The van der Waals surface area contributed by atoms with Crippen molar-refractivity contribution in [2.45, 2.75) is 19.4 Å². The van der Waals surface area contributed by atoms with Crippen molar-refractivity contribution >= 4 is 27.6 Å². The molecule has 1 aliphatic heterocycles. The van der Waals surface area contributed by atoms with Crippen LogP contribution in [0, 0.1) is 0 Å². The number of nitrogens with two attached hydrogens (primary N) is 1. The molecule has 6 heteroatoms. The van der Waals surface area contributed by atoms with Gasteiger partial charge in [-0.15, -0.1) is 0 Å². The number of aromatic amines is 2. The lowest BCUT2D eigenvalue weighted by Crippen LogP contribution is -2.18. The van der Waals surface area contributed by atoms with E-state index in [1.54, 1.807) is 0 Å². The molecule has 2 aromatic heterocycles. The van der Waals surface area contributed by atoms with Crippen LogP contribution in [0.2, 0.25) is 0 Å². The number of hydrogen-bond acceptors (Lipinski definition) is 4. The highest BCUT2D eigenvalue weighted by atomic mass is 16.1. The van der Waals surface area contributed by atoms with Gasteiger partial charge in [-0.2, -0.15) is 0 Å². The van der Waals surface area contributed by atoms with Gasteiger partial charge in [0.2, 0.25) is 0 Å². The van der Waals surface area contributed by atoms with Gasteiger partial charge in [-0.05, 0) is 55.8 Å². The summed E-state index contributed by atoms with van der Waals surface area (Å²) in [5.41, 5.74) is 11.3. The van der Waals surface area contributed by atoms with Gasteiger partial charge in [0.1, 0.15) is 0 Å². The van der Waals surface area contributed by atoms with Gasteiger partial charge >= 0.3 is 0 Å². The third-order valence-electron chi connectivity index (χ3n) is 5.34. The Morgan fingerprint density at radius 1 is 1.04 bits per heavy atom. The molecule has 1 saturated heterocycles. The van der Waals surface area contributed by atoms with Crippen LogP contribution in [0.3, 0.4) is 0 Å². The molecule has 4 N–H and O–H groups in total. The highest BCUT2D eigenvalue weighted by Gasteiger charge is 2.17. The summed E-state index contributed by atoms with van der Waals surface area (Å²) < 4.78 is 0. The van der Waals surface area contributed by atoms with E-state index in [-0.39, 0.29) is 5.56 Å². The molecular formula is C21H21N5O. The van der Waals surface area contributed by atoms with Crippen molar-refractivity contribution in [3.05, 3.63) is 58.4 Å². The first-order chi connectivity index (χ1) is 13.2. The van der Waals surface area contributed by atoms with Crippen LogP contribution in [0.1, 0.15) is 18.4 Å². The second kappa shape index (κ2) is 6.25. The second-order valence-corrected chi connectivity index (χ2v) is 7.21. The molecule has 1 fully saturated rings.